The van der Waals surface area contributed by atoms with Gasteiger partial charge in [0.15, 0.2) is 0 Å². The Morgan fingerprint density at radius 3 is 2.25 bits per heavy atom. The molecule has 1 aliphatic heterocycles. The molecule has 1 fully saturated rings. The Morgan fingerprint density at radius 1 is 1.06 bits per heavy atom. The number of benzene rings is 2. The van der Waals surface area contributed by atoms with Crippen molar-refractivity contribution in [1.82, 2.24) is 4.90 Å². The molecule has 0 bridgehead atoms. The molecule has 6 nitrogen and oxygen atoms in total. The van der Waals surface area contributed by atoms with Crippen LogP contribution < -0.4 is 4.74 Å². The molecule has 1 heterocycles. The second kappa shape index (κ2) is 9.17. The summed E-state index contributed by atoms with van der Waals surface area (Å²) in [5.74, 6) is -0.874. The monoisotopic (exact) mass is 437 g/mol. The van der Waals surface area contributed by atoms with E-state index in [-0.39, 0.29) is 29.9 Å². The SMILES string of the molecule is COCCN1C(=O)C(=O)C(=C(O)c2ccc(OC)cc2C)[C@H]1c1ccc(C(C)(C)C)cc1. The zero-order chi connectivity index (χ0) is 23.6. The Morgan fingerprint density at radius 2 is 1.72 bits per heavy atom. The molecule has 170 valence electrons. The van der Waals surface area contributed by atoms with Gasteiger partial charge in [0.1, 0.15) is 11.5 Å². The van der Waals surface area contributed by atoms with E-state index in [9.17, 15) is 14.7 Å². The first-order valence-corrected chi connectivity index (χ1v) is 10.6. The highest BCUT2D eigenvalue weighted by molar-refractivity contribution is 6.46. The predicted molar refractivity (Wildman–Crippen MR) is 124 cm³/mol. The Balaban J connectivity index is 2.16. The Kier molecular flexibility index (Phi) is 6.74. The van der Waals surface area contributed by atoms with E-state index < -0.39 is 17.7 Å². The Labute approximate surface area is 189 Å². The third-order valence-electron chi connectivity index (χ3n) is 5.86. The van der Waals surface area contributed by atoms with E-state index >= 15 is 0 Å². The number of carbonyl (C=O) groups excluding carboxylic acids is 2. The minimum atomic E-state index is -0.696. The van der Waals surface area contributed by atoms with E-state index in [2.05, 4.69) is 20.8 Å². The third-order valence-corrected chi connectivity index (χ3v) is 5.86. The van der Waals surface area contributed by atoms with Crippen LogP contribution in [0.3, 0.4) is 0 Å². The molecular formula is C26H31NO5. The van der Waals surface area contributed by atoms with Gasteiger partial charge < -0.3 is 19.5 Å². The maximum Gasteiger partial charge on any atom is 0.295 e. The molecule has 2 aromatic carbocycles. The first kappa shape index (κ1) is 23.5. The van der Waals surface area contributed by atoms with E-state index in [1.54, 1.807) is 32.4 Å². The molecule has 0 aliphatic carbocycles. The molecule has 0 aromatic heterocycles. The van der Waals surface area contributed by atoms with Crippen molar-refractivity contribution in [2.75, 3.05) is 27.4 Å². The number of aliphatic hydroxyl groups excluding tert-OH is 1. The quantitative estimate of drug-likeness (QED) is 0.413. The lowest BCUT2D eigenvalue weighted by atomic mass is 9.85. The van der Waals surface area contributed by atoms with Crippen molar-refractivity contribution in [1.29, 1.82) is 0 Å². The molecule has 1 atom stereocenters. The molecule has 1 N–H and O–H groups in total. The van der Waals surface area contributed by atoms with Crippen molar-refractivity contribution in [2.24, 2.45) is 0 Å². The van der Waals surface area contributed by atoms with Gasteiger partial charge in [-0.1, -0.05) is 45.0 Å². The average Bonchev–Trinajstić information content (AvgIpc) is 3.01. The third kappa shape index (κ3) is 4.41. The molecule has 6 heteroatoms. The lowest BCUT2D eigenvalue weighted by Gasteiger charge is -2.26. The van der Waals surface area contributed by atoms with Gasteiger partial charge in [-0.15, -0.1) is 0 Å². The number of aryl methyl sites for hydroxylation is 1. The highest BCUT2D eigenvalue weighted by Gasteiger charge is 2.46. The summed E-state index contributed by atoms with van der Waals surface area (Å²) >= 11 is 0. The number of Topliss-reactive ketones (excluding diaryl/α,β-unsaturated/α-hetero) is 1. The Hall–Kier alpha value is -3.12. The molecule has 1 amide bonds. The zero-order valence-corrected chi connectivity index (χ0v) is 19.6. The second-order valence-corrected chi connectivity index (χ2v) is 9.04. The molecule has 3 rings (SSSR count). The smallest absolute Gasteiger partial charge is 0.295 e. The van der Waals surface area contributed by atoms with Crippen LogP contribution in [0.2, 0.25) is 0 Å². The van der Waals surface area contributed by atoms with Crippen LogP contribution in [0.25, 0.3) is 5.76 Å². The van der Waals surface area contributed by atoms with Crippen LogP contribution in [-0.2, 0) is 19.7 Å². The maximum absolute atomic E-state index is 13.1. The van der Waals surface area contributed by atoms with E-state index in [1.165, 1.54) is 4.90 Å². The number of amides is 1. The largest absolute Gasteiger partial charge is 0.507 e. The summed E-state index contributed by atoms with van der Waals surface area (Å²) in [4.78, 5) is 27.4. The van der Waals surface area contributed by atoms with Gasteiger partial charge in [-0.2, -0.15) is 0 Å². The summed E-state index contributed by atoms with van der Waals surface area (Å²) in [5.41, 5.74) is 3.19. The summed E-state index contributed by atoms with van der Waals surface area (Å²) in [6.45, 7) is 8.72. The first-order chi connectivity index (χ1) is 15.1. The number of likely N-dealkylation sites (tertiary alicyclic amines) is 1. The van der Waals surface area contributed by atoms with Gasteiger partial charge in [0.25, 0.3) is 11.7 Å². The van der Waals surface area contributed by atoms with Crippen LogP contribution in [0.5, 0.6) is 5.75 Å². The van der Waals surface area contributed by atoms with Crippen molar-refractivity contribution in [3.8, 4) is 5.75 Å². The molecule has 0 spiro atoms. The number of ketones is 1. The standard InChI is InChI=1S/C26H31NO5/c1-16-15-19(32-6)11-12-20(16)23(28)21-22(27(13-14-31-5)25(30)24(21)29)17-7-9-18(10-8-17)26(2,3)4/h7-12,15,22,28H,13-14H2,1-6H3/t22-/m1/s1. The highest BCUT2D eigenvalue weighted by atomic mass is 16.5. The number of methoxy groups -OCH3 is 2. The lowest BCUT2D eigenvalue weighted by molar-refractivity contribution is -0.140. The number of hydrogen-bond donors (Lipinski definition) is 1. The van der Waals surface area contributed by atoms with Crippen molar-refractivity contribution >= 4 is 17.4 Å². The molecular weight excluding hydrogens is 406 g/mol. The fourth-order valence-electron chi connectivity index (χ4n) is 3.99. The van der Waals surface area contributed by atoms with E-state index in [0.717, 1.165) is 16.7 Å². The highest BCUT2D eigenvalue weighted by Crippen LogP contribution is 2.40. The lowest BCUT2D eigenvalue weighted by Crippen LogP contribution is -2.32. The van der Waals surface area contributed by atoms with Crippen LogP contribution in [0.15, 0.2) is 48.0 Å². The zero-order valence-electron chi connectivity index (χ0n) is 19.6. The number of carbonyl (C=O) groups is 2. The predicted octanol–water partition coefficient (Wildman–Crippen LogP) is 4.37. The van der Waals surface area contributed by atoms with Gasteiger partial charge in [0.05, 0.1) is 25.3 Å². The van der Waals surface area contributed by atoms with Crippen LogP contribution in [0.4, 0.5) is 0 Å². The average molecular weight is 438 g/mol. The van der Waals surface area contributed by atoms with E-state index in [4.69, 9.17) is 9.47 Å². The van der Waals surface area contributed by atoms with E-state index in [1.807, 2.05) is 31.2 Å². The van der Waals surface area contributed by atoms with Crippen LogP contribution in [0.1, 0.15) is 49.1 Å². The van der Waals surface area contributed by atoms with Crippen LogP contribution in [-0.4, -0.2) is 49.1 Å². The molecule has 0 saturated carbocycles. The minimum Gasteiger partial charge on any atom is -0.507 e. The number of nitrogens with zero attached hydrogens (tertiary/aromatic N) is 1. The number of hydrogen-bond acceptors (Lipinski definition) is 5. The Bertz CT molecular complexity index is 1050. The van der Waals surface area contributed by atoms with Crippen molar-refractivity contribution < 1.29 is 24.2 Å². The second-order valence-electron chi connectivity index (χ2n) is 9.04. The fraction of sp³-hybridized carbons (Fsp3) is 0.385. The topological polar surface area (TPSA) is 76.1 Å². The van der Waals surface area contributed by atoms with Crippen LogP contribution in [0, 0.1) is 6.92 Å². The minimum absolute atomic E-state index is 0.0312. The van der Waals surface area contributed by atoms with Crippen molar-refractivity contribution in [2.45, 2.75) is 39.2 Å². The normalized spacial score (nSPS) is 18.3. The molecule has 1 saturated heterocycles. The fourth-order valence-corrected chi connectivity index (χ4v) is 3.99. The number of ether oxygens (including phenoxy) is 2. The van der Waals surface area contributed by atoms with Gasteiger partial charge in [0.2, 0.25) is 0 Å². The summed E-state index contributed by atoms with van der Waals surface area (Å²) in [5, 5.41) is 11.2. The molecule has 1 aliphatic rings. The van der Waals surface area contributed by atoms with Gasteiger partial charge in [0, 0.05) is 19.2 Å². The van der Waals surface area contributed by atoms with Crippen LogP contribution >= 0.6 is 0 Å². The number of aliphatic hydroxyl groups is 1. The number of rotatable bonds is 6. The molecule has 0 unspecified atom stereocenters. The molecule has 2 aromatic rings. The van der Waals surface area contributed by atoms with Gasteiger partial charge >= 0.3 is 0 Å². The summed E-state index contributed by atoms with van der Waals surface area (Å²) < 4.78 is 10.4. The van der Waals surface area contributed by atoms with Crippen molar-refractivity contribution in [3.63, 3.8) is 0 Å². The van der Waals surface area contributed by atoms with Gasteiger partial charge in [-0.3, -0.25) is 9.59 Å². The first-order valence-electron chi connectivity index (χ1n) is 10.6. The maximum atomic E-state index is 13.1. The summed E-state index contributed by atoms with van der Waals surface area (Å²) in [7, 11) is 3.11. The summed E-state index contributed by atoms with van der Waals surface area (Å²) in [6.07, 6.45) is 0. The van der Waals surface area contributed by atoms with Crippen molar-refractivity contribution in [3.05, 3.63) is 70.3 Å². The van der Waals surface area contributed by atoms with Gasteiger partial charge in [-0.25, -0.2) is 0 Å². The molecule has 32 heavy (non-hydrogen) atoms. The van der Waals surface area contributed by atoms with Gasteiger partial charge in [-0.05, 0) is 47.2 Å². The van der Waals surface area contributed by atoms with E-state index in [0.29, 0.717) is 11.3 Å². The molecule has 0 radical (unpaired) electrons. The summed E-state index contributed by atoms with van der Waals surface area (Å²) in [6, 6.07) is 12.4.